The Labute approximate surface area is 93.2 Å². The van der Waals surface area contributed by atoms with Crippen LogP contribution in [0.25, 0.3) is 5.57 Å². The summed E-state index contributed by atoms with van der Waals surface area (Å²) in [5.41, 5.74) is 3.91. The van der Waals surface area contributed by atoms with Gasteiger partial charge in [0.05, 0.1) is 5.69 Å². The second-order valence-corrected chi connectivity index (χ2v) is 4.98. The topological polar surface area (TPSA) is 12.9 Å². The van der Waals surface area contributed by atoms with Crippen molar-refractivity contribution in [2.75, 3.05) is 0 Å². The monoisotopic (exact) mass is 203 g/mol. The number of rotatable bonds is 2. The normalized spacial score (nSPS) is 13.0. The van der Waals surface area contributed by atoms with Gasteiger partial charge in [-0.25, -0.2) is 0 Å². The highest BCUT2D eigenvalue weighted by molar-refractivity contribution is 5.60. The molecule has 0 amide bonds. The average molecular weight is 203 g/mol. The van der Waals surface area contributed by atoms with E-state index in [4.69, 9.17) is 0 Å². The van der Waals surface area contributed by atoms with Crippen LogP contribution in [-0.2, 0) is 5.41 Å². The molecule has 0 bridgehead atoms. The number of pyridine rings is 1. The van der Waals surface area contributed by atoms with E-state index >= 15 is 0 Å². The summed E-state index contributed by atoms with van der Waals surface area (Å²) in [7, 11) is 0. The summed E-state index contributed by atoms with van der Waals surface area (Å²) in [6, 6.07) is 4.30. The van der Waals surface area contributed by atoms with Crippen molar-refractivity contribution in [3.8, 4) is 0 Å². The van der Waals surface area contributed by atoms with E-state index < -0.39 is 0 Å². The van der Waals surface area contributed by atoms with Gasteiger partial charge in [0.25, 0.3) is 0 Å². The van der Waals surface area contributed by atoms with E-state index in [2.05, 4.69) is 57.8 Å². The van der Waals surface area contributed by atoms with Crippen LogP contribution in [0.5, 0.6) is 0 Å². The fourth-order valence-corrected chi connectivity index (χ4v) is 1.52. The molecule has 1 rings (SSSR count). The van der Waals surface area contributed by atoms with E-state index in [1.54, 1.807) is 0 Å². The lowest BCUT2D eigenvalue weighted by Gasteiger charge is -2.19. The van der Waals surface area contributed by atoms with Crippen LogP contribution in [0.15, 0.2) is 24.4 Å². The van der Waals surface area contributed by atoms with Crippen molar-refractivity contribution in [2.45, 2.75) is 46.5 Å². The molecule has 0 saturated carbocycles. The summed E-state index contributed by atoms with van der Waals surface area (Å²) in [5, 5.41) is 0. The van der Waals surface area contributed by atoms with Crippen LogP contribution in [0, 0.1) is 0 Å². The summed E-state index contributed by atoms with van der Waals surface area (Å²) < 4.78 is 0. The van der Waals surface area contributed by atoms with E-state index in [9.17, 15) is 0 Å². The molecule has 0 spiro atoms. The molecule has 1 nitrogen and oxygen atoms in total. The zero-order chi connectivity index (χ0) is 11.5. The van der Waals surface area contributed by atoms with E-state index in [1.165, 1.54) is 11.1 Å². The lowest BCUT2D eigenvalue weighted by molar-refractivity contribution is 0.589. The number of nitrogens with zero attached hydrogens (tertiary/aromatic N) is 1. The summed E-state index contributed by atoms with van der Waals surface area (Å²) in [5.74, 6) is 0. The summed E-state index contributed by atoms with van der Waals surface area (Å²) in [6.07, 6.45) is 5.19. The molecule has 1 heterocycles. The first-order valence-electron chi connectivity index (χ1n) is 5.59. The third-order valence-electron chi connectivity index (χ3n) is 2.54. The molecule has 0 fully saturated rings. The summed E-state index contributed by atoms with van der Waals surface area (Å²) >= 11 is 0. The Kier molecular flexibility index (Phi) is 3.67. The highest BCUT2D eigenvalue weighted by atomic mass is 14.7. The van der Waals surface area contributed by atoms with Crippen LogP contribution < -0.4 is 0 Å². The first-order valence-corrected chi connectivity index (χ1v) is 5.59. The molecule has 1 heteroatoms. The van der Waals surface area contributed by atoms with Crippen LogP contribution >= 0.6 is 0 Å². The molecule has 82 valence electrons. The second-order valence-electron chi connectivity index (χ2n) is 4.98. The SMILES string of the molecule is CC/C=C(\C)c1cc(C(C)(C)C)ccn1. The third-order valence-corrected chi connectivity index (χ3v) is 2.54. The predicted octanol–water partition coefficient (Wildman–Crippen LogP) is 4.19. The van der Waals surface area contributed by atoms with Gasteiger partial charge >= 0.3 is 0 Å². The lowest BCUT2D eigenvalue weighted by Crippen LogP contribution is -2.11. The van der Waals surface area contributed by atoms with Crippen molar-refractivity contribution in [2.24, 2.45) is 0 Å². The molecular formula is C14H21N. The zero-order valence-electron chi connectivity index (χ0n) is 10.5. The molecule has 0 saturated heterocycles. The molecule has 15 heavy (non-hydrogen) atoms. The maximum atomic E-state index is 4.40. The molecule has 0 aliphatic heterocycles. The molecule has 0 radical (unpaired) electrons. The Morgan fingerprint density at radius 3 is 2.60 bits per heavy atom. The van der Waals surface area contributed by atoms with Gasteiger partial charge in [-0.05, 0) is 42.0 Å². The second kappa shape index (κ2) is 4.61. The highest BCUT2D eigenvalue weighted by Gasteiger charge is 2.14. The molecule has 0 unspecified atom stereocenters. The van der Waals surface area contributed by atoms with Crippen molar-refractivity contribution >= 4 is 5.57 Å². The number of hydrogen-bond acceptors (Lipinski definition) is 1. The van der Waals surface area contributed by atoms with Crippen LogP contribution in [0.2, 0.25) is 0 Å². The van der Waals surface area contributed by atoms with Gasteiger partial charge in [0.1, 0.15) is 0 Å². The maximum Gasteiger partial charge on any atom is 0.0658 e. The minimum atomic E-state index is 0.199. The van der Waals surface area contributed by atoms with Crippen LogP contribution in [0.4, 0.5) is 0 Å². The van der Waals surface area contributed by atoms with Crippen molar-refractivity contribution in [1.29, 1.82) is 0 Å². The van der Waals surface area contributed by atoms with Crippen molar-refractivity contribution < 1.29 is 0 Å². The largest absolute Gasteiger partial charge is 0.257 e. The average Bonchev–Trinajstić information content (AvgIpc) is 2.17. The van der Waals surface area contributed by atoms with Crippen LogP contribution in [0.1, 0.15) is 52.3 Å². The van der Waals surface area contributed by atoms with Gasteiger partial charge in [0, 0.05) is 6.20 Å². The quantitative estimate of drug-likeness (QED) is 0.702. The number of aromatic nitrogens is 1. The van der Waals surface area contributed by atoms with E-state index in [0.29, 0.717) is 0 Å². The summed E-state index contributed by atoms with van der Waals surface area (Å²) in [6.45, 7) is 11.0. The minimum absolute atomic E-state index is 0.199. The van der Waals surface area contributed by atoms with Gasteiger partial charge in [0.2, 0.25) is 0 Å². The van der Waals surface area contributed by atoms with Gasteiger partial charge in [-0.3, -0.25) is 4.98 Å². The van der Waals surface area contributed by atoms with Gasteiger partial charge < -0.3 is 0 Å². The number of hydrogen-bond donors (Lipinski definition) is 0. The Morgan fingerprint density at radius 1 is 1.40 bits per heavy atom. The van der Waals surface area contributed by atoms with E-state index in [1.807, 2.05) is 6.20 Å². The molecule has 0 N–H and O–H groups in total. The number of allylic oxidation sites excluding steroid dienone is 2. The fraction of sp³-hybridized carbons (Fsp3) is 0.500. The molecule has 0 aromatic carbocycles. The van der Waals surface area contributed by atoms with Crippen LogP contribution in [-0.4, -0.2) is 4.98 Å². The minimum Gasteiger partial charge on any atom is -0.257 e. The smallest absolute Gasteiger partial charge is 0.0658 e. The Bertz CT molecular complexity index is 356. The van der Waals surface area contributed by atoms with E-state index in [-0.39, 0.29) is 5.41 Å². The lowest BCUT2D eigenvalue weighted by atomic mass is 9.87. The van der Waals surface area contributed by atoms with Gasteiger partial charge in [0.15, 0.2) is 0 Å². The zero-order valence-corrected chi connectivity index (χ0v) is 10.5. The first kappa shape index (κ1) is 12.0. The molecular weight excluding hydrogens is 182 g/mol. The van der Waals surface area contributed by atoms with Gasteiger partial charge in [-0.2, -0.15) is 0 Å². The van der Waals surface area contributed by atoms with Crippen molar-refractivity contribution in [1.82, 2.24) is 4.98 Å². The van der Waals surface area contributed by atoms with Gasteiger partial charge in [-0.1, -0.05) is 33.8 Å². The molecule has 1 aromatic rings. The van der Waals surface area contributed by atoms with E-state index in [0.717, 1.165) is 12.1 Å². The Morgan fingerprint density at radius 2 is 2.07 bits per heavy atom. The predicted molar refractivity (Wildman–Crippen MR) is 66.9 cm³/mol. The highest BCUT2D eigenvalue weighted by Crippen LogP contribution is 2.24. The van der Waals surface area contributed by atoms with Gasteiger partial charge in [-0.15, -0.1) is 0 Å². The molecule has 0 atom stereocenters. The Hall–Kier alpha value is -1.11. The van der Waals surface area contributed by atoms with Crippen molar-refractivity contribution in [3.63, 3.8) is 0 Å². The standard InChI is InChI=1S/C14H21N/c1-6-7-11(2)13-10-12(8-9-15-13)14(3,4)5/h7-10H,6H2,1-5H3/b11-7+. The molecule has 0 aliphatic rings. The first-order chi connectivity index (χ1) is 6.95. The van der Waals surface area contributed by atoms with Crippen LogP contribution in [0.3, 0.4) is 0 Å². The molecule has 1 aromatic heterocycles. The Balaban J connectivity index is 3.08. The third kappa shape index (κ3) is 3.19. The van der Waals surface area contributed by atoms with Crippen molar-refractivity contribution in [3.05, 3.63) is 35.7 Å². The summed E-state index contributed by atoms with van der Waals surface area (Å²) in [4.78, 5) is 4.40. The molecule has 0 aliphatic carbocycles. The maximum absolute atomic E-state index is 4.40. The fourth-order valence-electron chi connectivity index (χ4n) is 1.52.